The van der Waals surface area contributed by atoms with Crippen LogP contribution in [0.25, 0.3) is 0 Å². The van der Waals surface area contributed by atoms with Gasteiger partial charge in [-0.05, 0) is 31.6 Å². The number of aryl methyl sites for hydroxylation is 1. The van der Waals surface area contributed by atoms with Crippen molar-refractivity contribution in [1.82, 2.24) is 9.97 Å². The molecule has 1 fully saturated rings. The molecule has 1 aromatic rings. The van der Waals surface area contributed by atoms with Crippen molar-refractivity contribution in [3.63, 3.8) is 0 Å². The second-order valence-corrected chi connectivity index (χ2v) is 5.44. The molecule has 1 saturated carbocycles. The molecule has 2 rings (SSSR count). The van der Waals surface area contributed by atoms with Gasteiger partial charge in [-0.15, -0.1) is 0 Å². The van der Waals surface area contributed by atoms with Crippen LogP contribution in [-0.2, 0) is 0 Å². The van der Waals surface area contributed by atoms with E-state index in [0.29, 0.717) is 0 Å². The topological polar surface area (TPSA) is 41.0 Å². The van der Waals surface area contributed by atoms with Crippen LogP contribution in [0, 0.1) is 18.8 Å². The summed E-state index contributed by atoms with van der Waals surface area (Å²) >= 11 is 0. The first-order valence-corrected chi connectivity index (χ1v) is 6.90. The lowest BCUT2D eigenvalue weighted by Gasteiger charge is -2.19. The second kappa shape index (κ2) is 5.55. The summed E-state index contributed by atoms with van der Waals surface area (Å²) in [6, 6.07) is 2.05. The van der Waals surface area contributed by atoms with Gasteiger partial charge in [0.25, 0.3) is 0 Å². The fraction of sp³-hybridized carbons (Fsp3) is 0.714. The Morgan fingerprint density at radius 1 is 1.44 bits per heavy atom. The average Bonchev–Trinajstić information content (AvgIpc) is 3.01. The number of hydrogen-bond acceptors (Lipinski definition) is 4. The van der Waals surface area contributed by atoms with Gasteiger partial charge < -0.3 is 10.2 Å². The summed E-state index contributed by atoms with van der Waals surface area (Å²) in [5.41, 5.74) is 0. The van der Waals surface area contributed by atoms with E-state index in [1.165, 1.54) is 6.42 Å². The van der Waals surface area contributed by atoms with Gasteiger partial charge in [-0.25, -0.2) is 9.97 Å². The molecule has 1 N–H and O–H groups in total. The number of rotatable bonds is 6. The summed E-state index contributed by atoms with van der Waals surface area (Å²) in [6.07, 6.45) is 2.46. The smallest absolute Gasteiger partial charge is 0.134 e. The first-order chi connectivity index (χ1) is 8.60. The quantitative estimate of drug-likeness (QED) is 0.840. The fourth-order valence-electron chi connectivity index (χ4n) is 2.19. The molecule has 0 amide bonds. The van der Waals surface area contributed by atoms with E-state index in [0.717, 1.165) is 48.8 Å². The Kier molecular flexibility index (Phi) is 4.04. The van der Waals surface area contributed by atoms with Crippen LogP contribution < -0.4 is 10.2 Å². The van der Waals surface area contributed by atoms with Crippen molar-refractivity contribution < 1.29 is 0 Å². The van der Waals surface area contributed by atoms with Crippen molar-refractivity contribution in [3.05, 3.63) is 11.9 Å². The van der Waals surface area contributed by atoms with E-state index in [9.17, 15) is 0 Å². The lowest BCUT2D eigenvalue weighted by molar-refractivity contribution is 0.717. The molecule has 4 heteroatoms. The monoisotopic (exact) mass is 248 g/mol. The molecule has 0 spiro atoms. The normalized spacial score (nSPS) is 21.8. The standard InChI is InChI=1S/C14H24N4/c1-5-6-15-13-8-14(17-11(3)16-13)18(4)9-12-7-10(12)2/h8,10,12H,5-7,9H2,1-4H3,(H,15,16,17). The van der Waals surface area contributed by atoms with Gasteiger partial charge in [0.05, 0.1) is 0 Å². The highest BCUT2D eigenvalue weighted by Gasteiger charge is 2.33. The molecule has 0 aliphatic heterocycles. The van der Waals surface area contributed by atoms with Gasteiger partial charge in [0, 0.05) is 26.2 Å². The minimum Gasteiger partial charge on any atom is -0.370 e. The number of nitrogens with zero attached hydrogens (tertiary/aromatic N) is 3. The van der Waals surface area contributed by atoms with Crippen LogP contribution in [0.1, 0.15) is 32.5 Å². The fourth-order valence-corrected chi connectivity index (χ4v) is 2.19. The van der Waals surface area contributed by atoms with Crippen LogP contribution >= 0.6 is 0 Å². The van der Waals surface area contributed by atoms with Crippen molar-refractivity contribution in [2.45, 2.75) is 33.6 Å². The van der Waals surface area contributed by atoms with Crippen molar-refractivity contribution in [1.29, 1.82) is 0 Å². The number of aromatic nitrogens is 2. The zero-order chi connectivity index (χ0) is 13.1. The molecule has 0 radical (unpaired) electrons. The highest BCUT2D eigenvalue weighted by Crippen LogP contribution is 2.38. The predicted molar refractivity (Wildman–Crippen MR) is 76.1 cm³/mol. The van der Waals surface area contributed by atoms with Crippen molar-refractivity contribution in [3.8, 4) is 0 Å². The maximum atomic E-state index is 4.52. The van der Waals surface area contributed by atoms with Crippen LogP contribution in [0.4, 0.5) is 11.6 Å². The first kappa shape index (κ1) is 13.1. The maximum Gasteiger partial charge on any atom is 0.134 e. The predicted octanol–water partition coefficient (Wildman–Crippen LogP) is 2.70. The second-order valence-electron chi connectivity index (χ2n) is 5.44. The third-order valence-electron chi connectivity index (χ3n) is 3.56. The summed E-state index contributed by atoms with van der Waals surface area (Å²) in [5, 5.41) is 3.33. The van der Waals surface area contributed by atoms with Crippen LogP contribution in [-0.4, -0.2) is 30.1 Å². The van der Waals surface area contributed by atoms with Gasteiger partial charge in [0.15, 0.2) is 0 Å². The molecule has 0 aromatic carbocycles. The molecule has 1 heterocycles. The number of anilines is 2. The third-order valence-corrected chi connectivity index (χ3v) is 3.56. The number of nitrogens with one attached hydrogen (secondary N) is 1. The summed E-state index contributed by atoms with van der Waals surface area (Å²) in [7, 11) is 2.12. The van der Waals surface area contributed by atoms with Crippen molar-refractivity contribution >= 4 is 11.6 Å². The Balaban J connectivity index is 2.03. The Hall–Kier alpha value is -1.32. The summed E-state index contributed by atoms with van der Waals surface area (Å²) in [6.45, 7) is 8.48. The molecule has 0 saturated heterocycles. The average molecular weight is 248 g/mol. The zero-order valence-corrected chi connectivity index (χ0v) is 11.9. The van der Waals surface area contributed by atoms with Gasteiger partial charge >= 0.3 is 0 Å². The SMILES string of the molecule is CCCNc1cc(N(C)CC2CC2C)nc(C)n1. The highest BCUT2D eigenvalue weighted by molar-refractivity contribution is 5.49. The van der Waals surface area contributed by atoms with E-state index in [2.05, 4.69) is 47.1 Å². The Morgan fingerprint density at radius 2 is 2.17 bits per heavy atom. The highest BCUT2D eigenvalue weighted by atomic mass is 15.2. The van der Waals surface area contributed by atoms with E-state index in [1.807, 2.05) is 6.92 Å². The van der Waals surface area contributed by atoms with E-state index >= 15 is 0 Å². The molecule has 1 aromatic heterocycles. The van der Waals surface area contributed by atoms with E-state index in [-0.39, 0.29) is 0 Å². The summed E-state index contributed by atoms with van der Waals surface area (Å²) in [4.78, 5) is 11.2. The lowest BCUT2D eigenvalue weighted by Crippen LogP contribution is -2.22. The minimum atomic E-state index is 0.835. The molecule has 100 valence electrons. The summed E-state index contributed by atoms with van der Waals surface area (Å²) in [5.74, 6) is 4.53. The largest absolute Gasteiger partial charge is 0.370 e. The van der Waals surface area contributed by atoms with E-state index in [1.54, 1.807) is 0 Å². The molecule has 4 nitrogen and oxygen atoms in total. The molecule has 1 aliphatic carbocycles. The Labute approximate surface area is 110 Å². The van der Waals surface area contributed by atoms with Crippen LogP contribution in [0.2, 0.25) is 0 Å². The van der Waals surface area contributed by atoms with Gasteiger partial charge in [-0.3, -0.25) is 0 Å². The molecular weight excluding hydrogens is 224 g/mol. The van der Waals surface area contributed by atoms with E-state index < -0.39 is 0 Å². The van der Waals surface area contributed by atoms with Gasteiger partial charge in [-0.1, -0.05) is 13.8 Å². The molecule has 18 heavy (non-hydrogen) atoms. The maximum absolute atomic E-state index is 4.52. The van der Waals surface area contributed by atoms with Gasteiger partial charge in [-0.2, -0.15) is 0 Å². The molecule has 1 aliphatic rings. The minimum absolute atomic E-state index is 0.835. The summed E-state index contributed by atoms with van der Waals surface area (Å²) < 4.78 is 0. The Morgan fingerprint density at radius 3 is 2.78 bits per heavy atom. The van der Waals surface area contributed by atoms with Gasteiger partial charge in [0.2, 0.25) is 0 Å². The van der Waals surface area contributed by atoms with Crippen LogP contribution in [0.3, 0.4) is 0 Å². The van der Waals surface area contributed by atoms with Crippen molar-refractivity contribution in [2.75, 3.05) is 30.4 Å². The third kappa shape index (κ3) is 3.34. The van der Waals surface area contributed by atoms with E-state index in [4.69, 9.17) is 0 Å². The molecule has 2 unspecified atom stereocenters. The van der Waals surface area contributed by atoms with Crippen LogP contribution in [0.5, 0.6) is 0 Å². The zero-order valence-electron chi connectivity index (χ0n) is 11.9. The first-order valence-electron chi connectivity index (χ1n) is 6.90. The Bertz CT molecular complexity index is 405. The molecular formula is C14H24N4. The number of hydrogen-bond donors (Lipinski definition) is 1. The van der Waals surface area contributed by atoms with Crippen LogP contribution in [0.15, 0.2) is 6.07 Å². The lowest BCUT2D eigenvalue weighted by atomic mass is 10.3. The molecule has 0 bridgehead atoms. The molecule has 2 atom stereocenters. The van der Waals surface area contributed by atoms with Gasteiger partial charge in [0.1, 0.15) is 17.5 Å². The van der Waals surface area contributed by atoms with Crippen molar-refractivity contribution in [2.24, 2.45) is 11.8 Å².